The molecule has 0 saturated heterocycles. The van der Waals surface area contributed by atoms with E-state index < -0.39 is 23.5 Å². The molecule has 1 unspecified atom stereocenters. The number of phenolic OH excluding ortho intramolecular Hbond substituents is 1. The highest BCUT2D eigenvalue weighted by Crippen LogP contribution is 2.37. The van der Waals surface area contributed by atoms with Crippen molar-refractivity contribution in [3.63, 3.8) is 0 Å². The van der Waals surface area contributed by atoms with Gasteiger partial charge < -0.3 is 25.0 Å². The highest BCUT2D eigenvalue weighted by atomic mass is 19.4. The summed E-state index contributed by atoms with van der Waals surface area (Å²) >= 11 is 0. The second-order valence-corrected chi connectivity index (χ2v) is 10.3. The number of nitrogens with one attached hydrogen (secondary N) is 1. The van der Waals surface area contributed by atoms with Crippen molar-refractivity contribution in [1.29, 1.82) is 0 Å². The maximum absolute atomic E-state index is 13.2. The Bertz CT molecular complexity index is 1560. The molecule has 40 heavy (non-hydrogen) atoms. The Morgan fingerprint density at radius 1 is 1.12 bits per heavy atom. The second-order valence-electron chi connectivity index (χ2n) is 10.3. The first kappa shape index (κ1) is 27.2. The fraction of sp³-hybridized carbons (Fsp3) is 0.357. The van der Waals surface area contributed by atoms with Crippen LogP contribution in [0.5, 0.6) is 5.75 Å². The van der Waals surface area contributed by atoms with Gasteiger partial charge in [-0.3, -0.25) is 0 Å². The smallest absolute Gasteiger partial charge is 0.416 e. The van der Waals surface area contributed by atoms with E-state index in [-0.39, 0.29) is 35.6 Å². The number of benzene rings is 2. The first-order valence-corrected chi connectivity index (χ1v) is 12.9. The molecule has 5 rings (SSSR count). The van der Waals surface area contributed by atoms with E-state index in [4.69, 9.17) is 0 Å². The summed E-state index contributed by atoms with van der Waals surface area (Å²) in [5, 5.41) is 23.9. The number of halogens is 3. The standard InChI is InChI=1S/C28H29F3N6O3/c1-15(17-5-4-6-17)32-23-22-24(34-25(33-23)27(39)40)35-26(20-13-19(36(2)3)11-12-21(20)38)37(22)14-16-7-9-18(10-8-16)28(29,30)31/h7-13,15,17,38H,4-6,14H2,1-3H3,(H,39,40)(H,32,33,34). The molecular weight excluding hydrogens is 525 g/mol. The highest BCUT2D eigenvalue weighted by molar-refractivity contribution is 5.92. The number of hydrogen-bond acceptors (Lipinski definition) is 7. The fourth-order valence-corrected chi connectivity index (χ4v) is 4.83. The lowest BCUT2D eigenvalue weighted by Gasteiger charge is -2.32. The summed E-state index contributed by atoms with van der Waals surface area (Å²) in [6, 6.07) is 9.75. The van der Waals surface area contributed by atoms with Crippen molar-refractivity contribution in [3.05, 3.63) is 59.4 Å². The molecule has 1 saturated carbocycles. The van der Waals surface area contributed by atoms with Crippen LogP contribution in [0, 0.1) is 5.92 Å². The van der Waals surface area contributed by atoms with E-state index in [1.807, 2.05) is 25.9 Å². The minimum absolute atomic E-state index is 0.0168. The molecule has 2 heterocycles. The van der Waals surface area contributed by atoms with Crippen molar-refractivity contribution in [2.75, 3.05) is 24.3 Å². The molecule has 0 radical (unpaired) electrons. The molecule has 1 aliphatic rings. The zero-order valence-corrected chi connectivity index (χ0v) is 22.2. The third-order valence-corrected chi connectivity index (χ3v) is 7.38. The van der Waals surface area contributed by atoms with Gasteiger partial charge in [0.1, 0.15) is 17.1 Å². The number of rotatable bonds is 8. The SMILES string of the molecule is CC(Nc1nc(C(=O)O)nc2nc(-c3cc(N(C)C)ccc3O)n(Cc3ccc(C(F)(F)F)cc3)c12)C1CCC1. The summed E-state index contributed by atoms with van der Waals surface area (Å²) in [6.07, 6.45) is -1.28. The lowest BCUT2D eigenvalue weighted by molar-refractivity contribution is -0.137. The monoisotopic (exact) mass is 554 g/mol. The van der Waals surface area contributed by atoms with E-state index in [0.29, 0.717) is 22.6 Å². The number of hydrogen-bond donors (Lipinski definition) is 3. The van der Waals surface area contributed by atoms with E-state index in [9.17, 15) is 28.2 Å². The molecular formula is C28H29F3N6O3. The Labute approximate surface area is 228 Å². The molecule has 0 spiro atoms. The van der Waals surface area contributed by atoms with Gasteiger partial charge in [-0.05, 0) is 61.6 Å². The van der Waals surface area contributed by atoms with Gasteiger partial charge in [-0.15, -0.1) is 0 Å². The Morgan fingerprint density at radius 3 is 2.40 bits per heavy atom. The van der Waals surface area contributed by atoms with Crippen LogP contribution >= 0.6 is 0 Å². The molecule has 0 amide bonds. The molecule has 1 atom stereocenters. The summed E-state index contributed by atoms with van der Waals surface area (Å²) in [5.74, 6) is -0.906. The molecule has 210 valence electrons. The minimum atomic E-state index is -4.47. The molecule has 2 aromatic heterocycles. The van der Waals surface area contributed by atoms with E-state index in [2.05, 4.69) is 20.3 Å². The Hall–Kier alpha value is -4.35. The van der Waals surface area contributed by atoms with Gasteiger partial charge in [0.05, 0.1) is 11.1 Å². The van der Waals surface area contributed by atoms with Crippen molar-refractivity contribution in [3.8, 4) is 17.1 Å². The number of fused-ring (bicyclic) bond motifs is 1. The maximum atomic E-state index is 13.2. The topological polar surface area (TPSA) is 116 Å². The number of nitrogens with zero attached hydrogens (tertiary/aromatic N) is 5. The summed E-state index contributed by atoms with van der Waals surface area (Å²) < 4.78 is 41.3. The van der Waals surface area contributed by atoms with Gasteiger partial charge >= 0.3 is 12.1 Å². The van der Waals surface area contributed by atoms with Crippen LogP contribution < -0.4 is 10.2 Å². The molecule has 3 N–H and O–H groups in total. The summed E-state index contributed by atoms with van der Waals surface area (Å²) in [6.45, 7) is 2.07. The van der Waals surface area contributed by atoms with Gasteiger partial charge in [0.25, 0.3) is 0 Å². The average Bonchev–Trinajstić information content (AvgIpc) is 3.21. The minimum Gasteiger partial charge on any atom is -0.507 e. The number of phenols is 1. The number of aromatic hydroxyl groups is 1. The molecule has 1 fully saturated rings. The zero-order chi connectivity index (χ0) is 28.8. The summed E-state index contributed by atoms with van der Waals surface area (Å²) in [4.78, 5) is 26.9. The van der Waals surface area contributed by atoms with Crippen LogP contribution in [-0.4, -0.2) is 55.8 Å². The summed E-state index contributed by atoms with van der Waals surface area (Å²) in [7, 11) is 3.69. The van der Waals surface area contributed by atoms with Crippen molar-refractivity contribution >= 4 is 28.6 Å². The van der Waals surface area contributed by atoms with Crippen LogP contribution in [0.25, 0.3) is 22.6 Å². The molecule has 0 bridgehead atoms. The van der Waals surface area contributed by atoms with Gasteiger partial charge in [0.15, 0.2) is 11.5 Å². The van der Waals surface area contributed by atoms with Crippen molar-refractivity contribution < 1.29 is 28.2 Å². The van der Waals surface area contributed by atoms with Crippen LogP contribution in [-0.2, 0) is 12.7 Å². The zero-order valence-electron chi connectivity index (χ0n) is 22.2. The van der Waals surface area contributed by atoms with Crippen molar-refractivity contribution in [2.45, 2.75) is 44.9 Å². The lowest BCUT2D eigenvalue weighted by Crippen LogP contribution is -2.31. The summed E-state index contributed by atoms with van der Waals surface area (Å²) in [5.41, 5.74) is 1.38. The number of alkyl halides is 3. The van der Waals surface area contributed by atoms with E-state index >= 15 is 0 Å². The van der Waals surface area contributed by atoms with E-state index in [1.165, 1.54) is 18.2 Å². The number of carbonyl (C=O) groups is 1. The van der Waals surface area contributed by atoms with E-state index in [1.54, 1.807) is 16.7 Å². The van der Waals surface area contributed by atoms with Crippen LogP contribution in [0.4, 0.5) is 24.7 Å². The van der Waals surface area contributed by atoms with Gasteiger partial charge in [0, 0.05) is 32.4 Å². The van der Waals surface area contributed by atoms with Crippen molar-refractivity contribution in [1.82, 2.24) is 19.5 Å². The predicted molar refractivity (Wildman–Crippen MR) is 145 cm³/mol. The fourth-order valence-electron chi connectivity index (χ4n) is 4.83. The maximum Gasteiger partial charge on any atom is 0.416 e. The number of aromatic nitrogens is 4. The highest BCUT2D eigenvalue weighted by Gasteiger charge is 2.31. The predicted octanol–water partition coefficient (Wildman–Crippen LogP) is 5.63. The number of carboxylic acids is 1. The Kier molecular flexibility index (Phi) is 7.03. The largest absolute Gasteiger partial charge is 0.507 e. The first-order chi connectivity index (χ1) is 18.9. The molecule has 0 aliphatic heterocycles. The van der Waals surface area contributed by atoms with Crippen LogP contribution in [0.2, 0.25) is 0 Å². The average molecular weight is 555 g/mol. The third kappa shape index (κ3) is 5.25. The molecule has 4 aromatic rings. The van der Waals surface area contributed by atoms with Crippen LogP contribution in [0.15, 0.2) is 42.5 Å². The quantitative estimate of drug-likeness (QED) is 0.257. The van der Waals surface area contributed by atoms with Gasteiger partial charge in [-0.2, -0.15) is 13.2 Å². The molecule has 9 nitrogen and oxygen atoms in total. The van der Waals surface area contributed by atoms with Gasteiger partial charge in [-0.25, -0.2) is 19.7 Å². The van der Waals surface area contributed by atoms with Crippen LogP contribution in [0.3, 0.4) is 0 Å². The Morgan fingerprint density at radius 2 is 1.82 bits per heavy atom. The molecule has 12 heteroatoms. The number of anilines is 2. The molecule has 1 aliphatic carbocycles. The lowest BCUT2D eigenvalue weighted by atomic mass is 9.80. The number of imidazole rings is 1. The number of aromatic carboxylic acids is 1. The third-order valence-electron chi connectivity index (χ3n) is 7.38. The molecule has 2 aromatic carbocycles. The van der Waals surface area contributed by atoms with Gasteiger partial charge in [0.2, 0.25) is 5.82 Å². The van der Waals surface area contributed by atoms with E-state index in [0.717, 1.165) is 37.1 Å². The Balaban J connectivity index is 1.72. The normalized spacial score (nSPS) is 14.7. The van der Waals surface area contributed by atoms with Gasteiger partial charge in [-0.1, -0.05) is 18.6 Å². The number of carboxylic acid groups (broad SMARTS) is 1. The van der Waals surface area contributed by atoms with Crippen LogP contribution in [0.1, 0.15) is 47.9 Å². The second kappa shape index (κ2) is 10.3. The van der Waals surface area contributed by atoms with Crippen molar-refractivity contribution in [2.24, 2.45) is 5.92 Å². The first-order valence-electron chi connectivity index (χ1n) is 12.9.